The molecule has 0 aliphatic rings. The van der Waals surface area contributed by atoms with Gasteiger partial charge in [0.05, 0.1) is 12.0 Å². The highest BCUT2D eigenvalue weighted by atomic mass is 35.5. The van der Waals surface area contributed by atoms with Crippen molar-refractivity contribution in [2.24, 2.45) is 0 Å². The molecule has 144 valence electrons. The van der Waals surface area contributed by atoms with Crippen molar-refractivity contribution in [2.75, 3.05) is 5.32 Å². The molecule has 0 aliphatic heterocycles. The molecule has 1 N–H and O–H groups in total. The second kappa shape index (κ2) is 8.47. The Morgan fingerprint density at radius 1 is 0.931 bits per heavy atom. The molecule has 0 fully saturated rings. The summed E-state index contributed by atoms with van der Waals surface area (Å²) in [6.07, 6.45) is 3.52. The Hall–Kier alpha value is -3.15. The van der Waals surface area contributed by atoms with Crippen molar-refractivity contribution >= 4 is 35.0 Å². The molecule has 2 heterocycles. The monoisotopic (exact) mass is 423 g/mol. The molecule has 5 nitrogen and oxygen atoms in total. The average molecular weight is 424 g/mol. The Kier molecular flexibility index (Phi) is 5.60. The first-order valence-electron chi connectivity index (χ1n) is 8.80. The third-order valence-electron chi connectivity index (χ3n) is 4.29. The first kappa shape index (κ1) is 19.2. The molecule has 29 heavy (non-hydrogen) atoms. The number of carbonyl (C=O) groups excluding carboxylic acids is 1. The summed E-state index contributed by atoms with van der Waals surface area (Å²) < 4.78 is 5.51. The highest BCUT2D eigenvalue weighted by Crippen LogP contribution is 2.38. The zero-order chi connectivity index (χ0) is 20.2. The predicted molar refractivity (Wildman–Crippen MR) is 114 cm³/mol. The van der Waals surface area contributed by atoms with Crippen LogP contribution in [-0.2, 0) is 11.2 Å². The lowest BCUT2D eigenvalue weighted by molar-refractivity contribution is -0.115. The van der Waals surface area contributed by atoms with E-state index < -0.39 is 0 Å². The first-order chi connectivity index (χ1) is 14.1. The van der Waals surface area contributed by atoms with Gasteiger partial charge in [-0.1, -0.05) is 52.6 Å². The number of aromatic nitrogens is 2. The lowest BCUT2D eigenvalue weighted by Gasteiger charge is -2.07. The molecule has 4 rings (SSSR count). The summed E-state index contributed by atoms with van der Waals surface area (Å²) in [5.41, 5.74) is 3.69. The van der Waals surface area contributed by atoms with E-state index in [1.165, 1.54) is 0 Å². The SMILES string of the molecule is O=C(Cc1ccc(Cl)cc1)Nc1onc(-c2cccc(Cl)c2)c1-c1ccncc1. The maximum absolute atomic E-state index is 12.6. The number of halogens is 2. The number of pyridine rings is 1. The van der Waals surface area contributed by atoms with Crippen molar-refractivity contribution in [1.82, 2.24) is 10.1 Å². The van der Waals surface area contributed by atoms with Crippen LogP contribution in [0.4, 0.5) is 5.88 Å². The Balaban J connectivity index is 1.68. The number of benzene rings is 2. The molecule has 0 aliphatic carbocycles. The minimum absolute atomic E-state index is 0.181. The molecule has 7 heteroatoms. The van der Waals surface area contributed by atoms with E-state index in [1.807, 2.05) is 36.4 Å². The normalized spacial score (nSPS) is 10.7. The zero-order valence-corrected chi connectivity index (χ0v) is 16.6. The molecule has 2 aromatic heterocycles. The van der Waals surface area contributed by atoms with Gasteiger partial charge in [-0.3, -0.25) is 15.1 Å². The van der Waals surface area contributed by atoms with Crippen LogP contribution in [0.5, 0.6) is 0 Å². The van der Waals surface area contributed by atoms with Gasteiger partial charge >= 0.3 is 0 Å². The van der Waals surface area contributed by atoms with Gasteiger partial charge in [-0.2, -0.15) is 0 Å². The number of nitrogens with one attached hydrogen (secondary N) is 1. The molecule has 1 amide bonds. The second-order valence-corrected chi connectivity index (χ2v) is 7.21. The highest BCUT2D eigenvalue weighted by molar-refractivity contribution is 6.31. The maximum Gasteiger partial charge on any atom is 0.239 e. The lowest BCUT2D eigenvalue weighted by Crippen LogP contribution is -2.14. The lowest BCUT2D eigenvalue weighted by atomic mass is 10.0. The third kappa shape index (κ3) is 4.47. The fourth-order valence-corrected chi connectivity index (χ4v) is 3.27. The summed E-state index contributed by atoms with van der Waals surface area (Å²) in [6, 6.07) is 18.1. The summed E-state index contributed by atoms with van der Waals surface area (Å²) in [4.78, 5) is 16.6. The number of hydrogen-bond donors (Lipinski definition) is 1. The Bertz CT molecular complexity index is 1140. The van der Waals surface area contributed by atoms with Gasteiger partial charge in [0.2, 0.25) is 11.8 Å². The second-order valence-electron chi connectivity index (χ2n) is 6.33. The number of rotatable bonds is 5. The highest BCUT2D eigenvalue weighted by Gasteiger charge is 2.21. The topological polar surface area (TPSA) is 68.0 Å². The molecular formula is C22H15Cl2N3O2. The van der Waals surface area contributed by atoms with Crippen molar-refractivity contribution in [3.05, 3.63) is 88.7 Å². The van der Waals surface area contributed by atoms with Crippen LogP contribution in [0.3, 0.4) is 0 Å². The molecule has 0 bridgehead atoms. The van der Waals surface area contributed by atoms with Crippen LogP contribution in [0.1, 0.15) is 5.56 Å². The maximum atomic E-state index is 12.6. The van der Waals surface area contributed by atoms with Gasteiger partial charge in [-0.05, 0) is 47.5 Å². The number of hydrogen-bond acceptors (Lipinski definition) is 4. The standard InChI is InChI=1S/C22H15Cl2N3O2/c23-17-6-4-14(5-7-17)12-19(28)26-22-20(15-8-10-25-11-9-15)21(27-29-22)16-2-1-3-18(24)13-16/h1-11,13H,12H2,(H,26,28). The minimum atomic E-state index is -0.226. The van der Waals surface area contributed by atoms with Crippen molar-refractivity contribution in [1.29, 1.82) is 0 Å². The molecule has 4 aromatic rings. The van der Waals surface area contributed by atoms with E-state index in [4.69, 9.17) is 27.7 Å². The number of nitrogens with zero attached hydrogens (tertiary/aromatic N) is 2. The van der Waals surface area contributed by atoms with Crippen LogP contribution >= 0.6 is 23.2 Å². The van der Waals surface area contributed by atoms with Crippen LogP contribution in [0.15, 0.2) is 77.6 Å². The van der Waals surface area contributed by atoms with Crippen LogP contribution in [0.2, 0.25) is 10.0 Å². The van der Waals surface area contributed by atoms with Gasteiger partial charge in [-0.15, -0.1) is 0 Å². The van der Waals surface area contributed by atoms with Gasteiger partial charge in [0.15, 0.2) is 0 Å². The largest absolute Gasteiger partial charge is 0.337 e. The molecule has 0 saturated heterocycles. The van der Waals surface area contributed by atoms with Gasteiger partial charge in [-0.25, -0.2) is 0 Å². The van der Waals surface area contributed by atoms with E-state index in [0.29, 0.717) is 21.3 Å². The molecule has 0 saturated carbocycles. The van der Waals surface area contributed by atoms with E-state index in [9.17, 15) is 4.79 Å². The third-order valence-corrected chi connectivity index (χ3v) is 4.78. The van der Waals surface area contributed by atoms with E-state index in [-0.39, 0.29) is 18.2 Å². The zero-order valence-electron chi connectivity index (χ0n) is 15.1. The molecule has 0 atom stereocenters. The van der Waals surface area contributed by atoms with E-state index >= 15 is 0 Å². The first-order valence-corrected chi connectivity index (χ1v) is 9.56. The van der Waals surface area contributed by atoms with Crippen molar-refractivity contribution < 1.29 is 9.32 Å². The number of anilines is 1. The van der Waals surface area contributed by atoms with E-state index in [1.54, 1.807) is 36.7 Å². The van der Waals surface area contributed by atoms with Gasteiger partial charge < -0.3 is 4.52 Å². The fraction of sp³-hybridized carbons (Fsp3) is 0.0455. The predicted octanol–water partition coefficient (Wildman–Crippen LogP) is 5.89. The Labute approximate surface area is 177 Å². The number of amides is 1. The van der Waals surface area contributed by atoms with Crippen LogP contribution in [0, 0.1) is 0 Å². The van der Waals surface area contributed by atoms with Crippen molar-refractivity contribution in [2.45, 2.75) is 6.42 Å². The minimum Gasteiger partial charge on any atom is -0.337 e. The van der Waals surface area contributed by atoms with Gasteiger partial charge in [0.25, 0.3) is 0 Å². The fourth-order valence-electron chi connectivity index (χ4n) is 2.95. The summed E-state index contributed by atoms with van der Waals surface area (Å²) in [5.74, 6) is 0.0431. The van der Waals surface area contributed by atoms with E-state index in [2.05, 4.69) is 15.5 Å². The summed E-state index contributed by atoms with van der Waals surface area (Å²) in [7, 11) is 0. The van der Waals surface area contributed by atoms with E-state index in [0.717, 1.165) is 16.7 Å². The van der Waals surface area contributed by atoms with Crippen molar-refractivity contribution in [3.63, 3.8) is 0 Å². The van der Waals surface area contributed by atoms with Crippen molar-refractivity contribution in [3.8, 4) is 22.4 Å². The van der Waals surface area contributed by atoms with Crippen LogP contribution in [-0.4, -0.2) is 16.0 Å². The number of carbonyl (C=O) groups is 1. The molecule has 0 radical (unpaired) electrons. The Morgan fingerprint density at radius 3 is 2.41 bits per heavy atom. The molecule has 2 aromatic carbocycles. The van der Waals surface area contributed by atoms with Crippen LogP contribution in [0.25, 0.3) is 22.4 Å². The average Bonchev–Trinajstić information content (AvgIpc) is 3.14. The molecule has 0 spiro atoms. The molecule has 0 unspecified atom stereocenters. The summed E-state index contributed by atoms with van der Waals surface area (Å²) in [6.45, 7) is 0. The quantitative estimate of drug-likeness (QED) is 0.434. The summed E-state index contributed by atoms with van der Waals surface area (Å²) in [5, 5.41) is 8.22. The van der Waals surface area contributed by atoms with Crippen LogP contribution < -0.4 is 5.32 Å². The smallest absolute Gasteiger partial charge is 0.239 e. The molecular weight excluding hydrogens is 409 g/mol. The Morgan fingerprint density at radius 2 is 1.69 bits per heavy atom. The van der Waals surface area contributed by atoms with Gasteiger partial charge in [0.1, 0.15) is 5.69 Å². The summed E-state index contributed by atoms with van der Waals surface area (Å²) >= 11 is 12.0. The van der Waals surface area contributed by atoms with Gasteiger partial charge in [0, 0.05) is 28.0 Å².